The number of amides is 1. The monoisotopic (exact) mass is 466 g/mol. The normalized spacial score (nSPS) is 20.3. The summed E-state index contributed by atoms with van der Waals surface area (Å²) in [7, 11) is 3.25. The highest BCUT2D eigenvalue weighted by Crippen LogP contribution is 2.32. The molecule has 2 aliphatic heterocycles. The summed E-state index contributed by atoms with van der Waals surface area (Å²) < 4.78 is 15.8. The van der Waals surface area contributed by atoms with Crippen LogP contribution in [0.3, 0.4) is 0 Å². The number of rotatable bonds is 6. The lowest BCUT2D eigenvalue weighted by Crippen LogP contribution is -2.57. The zero-order valence-electron chi connectivity index (χ0n) is 19.7. The summed E-state index contributed by atoms with van der Waals surface area (Å²) >= 11 is 0. The SMILES string of the molecule is CCOC(=O)C1C(=O)NC(N2CCN(c3cccc(OC)c3)CC2)=NC1c1ccc(OC)cc1. The largest absolute Gasteiger partial charge is 0.497 e. The van der Waals surface area contributed by atoms with Crippen molar-refractivity contribution in [2.24, 2.45) is 10.9 Å². The molecule has 0 radical (unpaired) electrons. The summed E-state index contributed by atoms with van der Waals surface area (Å²) in [6.07, 6.45) is 0. The van der Waals surface area contributed by atoms with E-state index in [0.717, 1.165) is 30.1 Å². The van der Waals surface area contributed by atoms with E-state index in [1.54, 1.807) is 33.3 Å². The van der Waals surface area contributed by atoms with Crippen LogP contribution in [0.5, 0.6) is 11.5 Å². The minimum Gasteiger partial charge on any atom is -0.497 e. The molecule has 9 heteroatoms. The summed E-state index contributed by atoms with van der Waals surface area (Å²) in [4.78, 5) is 34.8. The number of methoxy groups -OCH3 is 2. The van der Waals surface area contributed by atoms with Crippen molar-refractivity contribution in [3.8, 4) is 11.5 Å². The van der Waals surface area contributed by atoms with Gasteiger partial charge in [0.25, 0.3) is 0 Å². The Kier molecular flexibility index (Phi) is 7.20. The molecule has 1 N–H and O–H groups in total. The van der Waals surface area contributed by atoms with E-state index in [4.69, 9.17) is 19.2 Å². The minimum atomic E-state index is -1.05. The molecule has 1 amide bonds. The van der Waals surface area contributed by atoms with Crippen LogP contribution in [0.1, 0.15) is 18.5 Å². The Hall–Kier alpha value is -3.75. The zero-order chi connectivity index (χ0) is 24.1. The van der Waals surface area contributed by atoms with Gasteiger partial charge < -0.3 is 24.0 Å². The molecular formula is C25H30N4O5. The Morgan fingerprint density at radius 3 is 2.32 bits per heavy atom. The molecule has 2 aliphatic rings. The predicted octanol–water partition coefficient (Wildman–Crippen LogP) is 2.23. The molecule has 9 nitrogen and oxygen atoms in total. The lowest BCUT2D eigenvalue weighted by Gasteiger charge is -2.39. The number of aliphatic imine (C=N–C) groups is 1. The van der Waals surface area contributed by atoms with Crippen molar-refractivity contribution < 1.29 is 23.8 Å². The van der Waals surface area contributed by atoms with Gasteiger partial charge in [0.15, 0.2) is 5.92 Å². The van der Waals surface area contributed by atoms with Gasteiger partial charge in [-0.25, -0.2) is 4.99 Å². The standard InChI is InChI=1S/C25H30N4O5/c1-4-34-24(31)21-22(17-8-10-19(32-2)11-9-17)26-25(27-23(21)30)29-14-12-28(13-15-29)18-6-5-7-20(16-18)33-3/h5-11,16,21-22H,4,12-15H2,1-3H3,(H,26,27,30). The van der Waals surface area contributed by atoms with Crippen LogP contribution in [0.2, 0.25) is 0 Å². The number of ether oxygens (including phenoxy) is 3. The van der Waals surface area contributed by atoms with E-state index in [9.17, 15) is 9.59 Å². The van der Waals surface area contributed by atoms with E-state index in [-0.39, 0.29) is 6.61 Å². The van der Waals surface area contributed by atoms with Crippen molar-refractivity contribution in [2.75, 3.05) is 51.9 Å². The molecule has 0 saturated carbocycles. The first-order chi connectivity index (χ1) is 16.5. The fourth-order valence-electron chi connectivity index (χ4n) is 4.25. The number of anilines is 1. The van der Waals surface area contributed by atoms with Crippen LogP contribution in [0.25, 0.3) is 0 Å². The predicted molar refractivity (Wildman–Crippen MR) is 128 cm³/mol. The maximum atomic E-state index is 13.1. The van der Waals surface area contributed by atoms with E-state index in [2.05, 4.69) is 16.3 Å². The molecule has 0 bridgehead atoms. The molecule has 2 aromatic carbocycles. The topological polar surface area (TPSA) is 92.7 Å². The van der Waals surface area contributed by atoms with Gasteiger partial charge in [-0.3, -0.25) is 14.9 Å². The number of benzene rings is 2. The first-order valence-corrected chi connectivity index (χ1v) is 11.4. The van der Waals surface area contributed by atoms with Crippen LogP contribution in [-0.4, -0.2) is 69.7 Å². The van der Waals surface area contributed by atoms with Gasteiger partial charge in [0.05, 0.1) is 20.8 Å². The third-order valence-corrected chi connectivity index (χ3v) is 6.09. The minimum absolute atomic E-state index is 0.195. The average molecular weight is 467 g/mol. The number of guanidine groups is 1. The van der Waals surface area contributed by atoms with Gasteiger partial charge in [0, 0.05) is 37.9 Å². The van der Waals surface area contributed by atoms with Gasteiger partial charge >= 0.3 is 5.97 Å². The van der Waals surface area contributed by atoms with Crippen LogP contribution in [0.4, 0.5) is 5.69 Å². The number of esters is 1. The van der Waals surface area contributed by atoms with Crippen molar-refractivity contribution in [1.82, 2.24) is 10.2 Å². The third-order valence-electron chi connectivity index (χ3n) is 6.09. The number of carbonyl (C=O) groups is 2. The molecule has 0 aromatic heterocycles. The van der Waals surface area contributed by atoms with E-state index < -0.39 is 23.8 Å². The molecule has 180 valence electrons. The highest BCUT2D eigenvalue weighted by atomic mass is 16.5. The summed E-state index contributed by atoms with van der Waals surface area (Å²) in [5, 5.41) is 2.84. The summed E-state index contributed by atoms with van der Waals surface area (Å²) in [5.41, 5.74) is 1.84. The smallest absolute Gasteiger partial charge is 0.321 e. The van der Waals surface area contributed by atoms with Gasteiger partial charge in [0.2, 0.25) is 11.9 Å². The number of hydrogen-bond acceptors (Lipinski definition) is 8. The Morgan fingerprint density at radius 1 is 1.00 bits per heavy atom. The second-order valence-electron chi connectivity index (χ2n) is 8.07. The van der Waals surface area contributed by atoms with Crippen LogP contribution >= 0.6 is 0 Å². The fourth-order valence-corrected chi connectivity index (χ4v) is 4.25. The molecule has 2 heterocycles. The number of piperazine rings is 1. The van der Waals surface area contributed by atoms with Gasteiger partial charge in [-0.15, -0.1) is 0 Å². The van der Waals surface area contributed by atoms with Crippen LogP contribution in [0.15, 0.2) is 53.5 Å². The van der Waals surface area contributed by atoms with Crippen LogP contribution in [-0.2, 0) is 14.3 Å². The maximum absolute atomic E-state index is 13.1. The summed E-state index contributed by atoms with van der Waals surface area (Å²) in [5.74, 6) is -0.0384. The Balaban J connectivity index is 1.55. The lowest BCUT2D eigenvalue weighted by molar-refractivity contribution is -0.153. The maximum Gasteiger partial charge on any atom is 0.321 e. The molecule has 2 unspecified atom stereocenters. The summed E-state index contributed by atoms with van der Waals surface area (Å²) in [6, 6.07) is 14.5. The third kappa shape index (κ3) is 4.93. The van der Waals surface area contributed by atoms with Gasteiger partial charge in [-0.1, -0.05) is 18.2 Å². The van der Waals surface area contributed by atoms with E-state index in [0.29, 0.717) is 24.8 Å². The van der Waals surface area contributed by atoms with E-state index >= 15 is 0 Å². The van der Waals surface area contributed by atoms with Crippen LogP contribution in [0, 0.1) is 5.92 Å². The molecule has 1 fully saturated rings. The van der Waals surface area contributed by atoms with Crippen molar-refractivity contribution >= 4 is 23.5 Å². The molecular weight excluding hydrogens is 436 g/mol. The Bertz CT molecular complexity index is 1050. The number of hydrogen-bond donors (Lipinski definition) is 1. The highest BCUT2D eigenvalue weighted by molar-refractivity contribution is 6.08. The molecule has 1 saturated heterocycles. The molecule has 4 rings (SSSR count). The van der Waals surface area contributed by atoms with Crippen molar-refractivity contribution in [1.29, 1.82) is 0 Å². The first kappa shape index (κ1) is 23.4. The quantitative estimate of drug-likeness (QED) is 0.516. The van der Waals surface area contributed by atoms with Crippen molar-refractivity contribution in [3.63, 3.8) is 0 Å². The van der Waals surface area contributed by atoms with E-state index in [1.165, 1.54) is 0 Å². The average Bonchev–Trinajstić information content (AvgIpc) is 2.88. The highest BCUT2D eigenvalue weighted by Gasteiger charge is 2.42. The molecule has 34 heavy (non-hydrogen) atoms. The zero-order valence-corrected chi connectivity index (χ0v) is 19.7. The summed E-state index contributed by atoms with van der Waals surface area (Å²) in [6.45, 7) is 4.79. The molecule has 2 aromatic rings. The lowest BCUT2D eigenvalue weighted by atomic mass is 9.91. The molecule has 0 aliphatic carbocycles. The Labute approximate surface area is 199 Å². The molecule has 2 atom stereocenters. The number of nitrogens with zero attached hydrogens (tertiary/aromatic N) is 3. The van der Waals surface area contributed by atoms with Crippen molar-refractivity contribution in [2.45, 2.75) is 13.0 Å². The van der Waals surface area contributed by atoms with Gasteiger partial charge in [-0.05, 0) is 36.8 Å². The Morgan fingerprint density at radius 2 is 1.68 bits per heavy atom. The van der Waals surface area contributed by atoms with Crippen molar-refractivity contribution in [3.05, 3.63) is 54.1 Å². The van der Waals surface area contributed by atoms with Gasteiger partial charge in [-0.2, -0.15) is 0 Å². The first-order valence-electron chi connectivity index (χ1n) is 11.4. The number of nitrogens with one attached hydrogen (secondary N) is 1. The fraction of sp³-hybridized carbons (Fsp3) is 0.400. The molecule has 0 spiro atoms. The van der Waals surface area contributed by atoms with Gasteiger partial charge in [0.1, 0.15) is 17.5 Å². The number of carbonyl (C=O) groups excluding carboxylic acids is 2. The second-order valence-corrected chi connectivity index (χ2v) is 8.07. The van der Waals surface area contributed by atoms with Crippen LogP contribution < -0.4 is 19.7 Å². The van der Waals surface area contributed by atoms with E-state index in [1.807, 2.05) is 35.2 Å². The second kappa shape index (κ2) is 10.5.